The molecule has 2 nitrogen and oxygen atoms in total. The highest BCUT2D eigenvalue weighted by molar-refractivity contribution is 7.19. The quantitative estimate of drug-likeness (QED) is 0.788. The fourth-order valence-electron chi connectivity index (χ4n) is 3.22. The van der Waals surface area contributed by atoms with Gasteiger partial charge in [-0.25, -0.2) is 4.98 Å². The molecule has 2 N–H and O–H groups in total. The van der Waals surface area contributed by atoms with E-state index in [2.05, 4.69) is 29.2 Å². The molecule has 2 aromatic heterocycles. The van der Waals surface area contributed by atoms with Crippen molar-refractivity contribution in [3.63, 3.8) is 0 Å². The van der Waals surface area contributed by atoms with Gasteiger partial charge in [-0.3, -0.25) is 0 Å². The van der Waals surface area contributed by atoms with Crippen molar-refractivity contribution in [2.75, 3.05) is 5.73 Å². The van der Waals surface area contributed by atoms with Crippen LogP contribution in [0.5, 0.6) is 0 Å². The molecule has 0 saturated heterocycles. The van der Waals surface area contributed by atoms with E-state index in [1.165, 1.54) is 29.7 Å². The minimum Gasteiger partial charge on any atom is -0.397 e. The van der Waals surface area contributed by atoms with Gasteiger partial charge in [-0.2, -0.15) is 0 Å². The molecule has 0 atom stereocenters. The average molecular weight is 294 g/mol. The number of aromatic nitrogens is 1. The summed E-state index contributed by atoms with van der Waals surface area (Å²) in [5, 5.41) is 1.10. The molecule has 106 valence electrons. The third-order valence-corrected chi connectivity index (χ3v) is 5.57. The Balaban J connectivity index is 1.57. The number of aryl methyl sites for hydroxylation is 4. The highest BCUT2D eigenvalue weighted by atomic mass is 32.1. The predicted octanol–water partition coefficient (Wildman–Crippen LogP) is 4.15. The first-order valence-corrected chi connectivity index (χ1v) is 8.35. The minimum absolute atomic E-state index is 0.921. The van der Waals surface area contributed by atoms with Crippen LogP contribution in [0.1, 0.15) is 28.0 Å². The van der Waals surface area contributed by atoms with Gasteiger partial charge >= 0.3 is 0 Å². The molecule has 0 aliphatic heterocycles. The molecule has 1 aliphatic rings. The van der Waals surface area contributed by atoms with E-state index in [9.17, 15) is 0 Å². The summed E-state index contributed by atoms with van der Waals surface area (Å²) in [5.74, 6) is 0. The summed E-state index contributed by atoms with van der Waals surface area (Å²) in [4.78, 5) is 6.73. The average Bonchev–Trinajstić information content (AvgIpc) is 3.10. The van der Waals surface area contributed by atoms with E-state index >= 15 is 0 Å². The van der Waals surface area contributed by atoms with Crippen molar-refractivity contribution < 1.29 is 0 Å². The summed E-state index contributed by atoms with van der Waals surface area (Å²) in [6.45, 7) is 0. The van der Waals surface area contributed by atoms with Crippen LogP contribution in [0.4, 0.5) is 5.69 Å². The molecule has 3 aromatic rings. The Hall–Kier alpha value is -1.87. The smallest absolute Gasteiger partial charge is 0.125 e. The second-order valence-electron chi connectivity index (χ2n) is 5.75. The van der Waals surface area contributed by atoms with Crippen molar-refractivity contribution in [3.05, 3.63) is 58.1 Å². The van der Waals surface area contributed by atoms with Crippen LogP contribution >= 0.6 is 11.3 Å². The van der Waals surface area contributed by atoms with Crippen LogP contribution in [-0.4, -0.2) is 4.98 Å². The fourth-order valence-corrected chi connectivity index (χ4v) is 4.28. The van der Waals surface area contributed by atoms with Crippen LogP contribution < -0.4 is 5.73 Å². The lowest BCUT2D eigenvalue weighted by molar-refractivity contribution is 0.910. The van der Waals surface area contributed by atoms with Crippen molar-refractivity contribution in [3.8, 4) is 0 Å². The second kappa shape index (κ2) is 5.15. The number of thiophene rings is 1. The summed E-state index contributed by atoms with van der Waals surface area (Å²) < 4.78 is 0. The van der Waals surface area contributed by atoms with E-state index in [1.54, 1.807) is 22.5 Å². The van der Waals surface area contributed by atoms with Crippen LogP contribution in [0, 0.1) is 0 Å². The lowest BCUT2D eigenvalue weighted by atomic mass is 10.0. The minimum atomic E-state index is 0.921. The van der Waals surface area contributed by atoms with Gasteiger partial charge in [0.15, 0.2) is 0 Å². The third-order valence-electron chi connectivity index (χ3n) is 4.39. The Morgan fingerprint density at radius 3 is 2.90 bits per heavy atom. The maximum atomic E-state index is 6.26. The van der Waals surface area contributed by atoms with Crippen LogP contribution in [0.3, 0.4) is 0 Å². The predicted molar refractivity (Wildman–Crippen MR) is 89.9 cm³/mol. The molecule has 0 bridgehead atoms. The molecule has 3 heteroatoms. The Labute approximate surface area is 128 Å². The van der Waals surface area contributed by atoms with Gasteiger partial charge in [-0.1, -0.05) is 18.2 Å². The van der Waals surface area contributed by atoms with E-state index < -0.39 is 0 Å². The molecule has 0 fully saturated rings. The van der Waals surface area contributed by atoms with Crippen molar-refractivity contribution in [1.29, 1.82) is 0 Å². The van der Waals surface area contributed by atoms with Crippen LogP contribution in [-0.2, 0) is 25.7 Å². The fraction of sp³-hybridized carbons (Fsp3) is 0.278. The molecule has 0 unspecified atom stereocenters. The van der Waals surface area contributed by atoms with Crippen molar-refractivity contribution >= 4 is 27.2 Å². The number of hydrogen-bond donors (Lipinski definition) is 1. The van der Waals surface area contributed by atoms with Gasteiger partial charge < -0.3 is 5.73 Å². The summed E-state index contributed by atoms with van der Waals surface area (Å²) in [6.07, 6.45) is 7.72. The number of nitrogens with zero attached hydrogens (tertiary/aromatic N) is 1. The number of nitrogens with two attached hydrogens (primary N) is 1. The van der Waals surface area contributed by atoms with E-state index in [-0.39, 0.29) is 0 Å². The first-order valence-electron chi connectivity index (χ1n) is 7.54. The molecular weight excluding hydrogens is 276 g/mol. The molecule has 0 saturated carbocycles. The normalized spacial score (nSPS) is 13.7. The van der Waals surface area contributed by atoms with E-state index in [0.717, 1.165) is 28.7 Å². The zero-order valence-electron chi connectivity index (χ0n) is 11.9. The number of hydrogen-bond acceptors (Lipinski definition) is 3. The lowest BCUT2D eigenvalue weighted by Crippen LogP contribution is -1.94. The van der Waals surface area contributed by atoms with E-state index in [1.807, 2.05) is 12.3 Å². The number of anilines is 1. The van der Waals surface area contributed by atoms with Gasteiger partial charge in [0.2, 0.25) is 0 Å². The maximum absolute atomic E-state index is 6.26. The number of fused-ring (bicyclic) bond motifs is 2. The molecule has 0 spiro atoms. The molecule has 21 heavy (non-hydrogen) atoms. The summed E-state index contributed by atoms with van der Waals surface area (Å²) in [5.41, 5.74) is 11.7. The molecule has 0 radical (unpaired) electrons. The standard InChI is InChI=1S/C18H18N2S/c19-17-15-5-2-10-20-18(15)21-16(17)9-7-12-6-8-13-3-1-4-14(13)11-12/h2,5-6,8,10-11H,1,3-4,7,9,19H2. The van der Waals surface area contributed by atoms with Gasteiger partial charge in [-0.15, -0.1) is 11.3 Å². The van der Waals surface area contributed by atoms with Gasteiger partial charge in [-0.05, 0) is 60.9 Å². The van der Waals surface area contributed by atoms with Crippen LogP contribution in [0.25, 0.3) is 10.2 Å². The third kappa shape index (κ3) is 2.32. The van der Waals surface area contributed by atoms with Gasteiger partial charge in [0.1, 0.15) is 4.83 Å². The number of pyridine rings is 1. The SMILES string of the molecule is Nc1c(CCc2ccc3c(c2)CCC3)sc2ncccc12. The lowest BCUT2D eigenvalue weighted by Gasteiger charge is -2.05. The molecular formula is C18H18N2S. The van der Waals surface area contributed by atoms with E-state index in [4.69, 9.17) is 5.73 Å². The molecule has 4 rings (SSSR count). The topological polar surface area (TPSA) is 38.9 Å². The Morgan fingerprint density at radius 1 is 1.10 bits per heavy atom. The Bertz CT molecular complexity index is 804. The molecule has 1 aliphatic carbocycles. The highest BCUT2D eigenvalue weighted by Crippen LogP contribution is 2.33. The number of rotatable bonds is 3. The second-order valence-corrected chi connectivity index (χ2v) is 6.84. The summed E-state index contributed by atoms with van der Waals surface area (Å²) in [6, 6.07) is 11.0. The van der Waals surface area contributed by atoms with Crippen molar-refractivity contribution in [2.24, 2.45) is 0 Å². The van der Waals surface area contributed by atoms with E-state index in [0.29, 0.717) is 0 Å². The van der Waals surface area contributed by atoms with Crippen molar-refractivity contribution in [1.82, 2.24) is 4.98 Å². The summed E-state index contributed by atoms with van der Waals surface area (Å²) >= 11 is 1.73. The molecule has 2 heterocycles. The number of nitrogen functional groups attached to an aromatic ring is 1. The number of benzene rings is 1. The zero-order chi connectivity index (χ0) is 14.2. The van der Waals surface area contributed by atoms with Gasteiger partial charge in [0.25, 0.3) is 0 Å². The monoisotopic (exact) mass is 294 g/mol. The van der Waals surface area contributed by atoms with Crippen LogP contribution in [0.2, 0.25) is 0 Å². The Kier molecular flexibility index (Phi) is 3.15. The zero-order valence-corrected chi connectivity index (χ0v) is 12.7. The Morgan fingerprint density at radius 2 is 2.00 bits per heavy atom. The first-order chi connectivity index (χ1) is 10.3. The summed E-state index contributed by atoms with van der Waals surface area (Å²) in [7, 11) is 0. The molecule has 0 amide bonds. The van der Waals surface area contributed by atoms with Crippen molar-refractivity contribution in [2.45, 2.75) is 32.1 Å². The first kappa shape index (κ1) is 12.8. The largest absolute Gasteiger partial charge is 0.397 e. The maximum Gasteiger partial charge on any atom is 0.125 e. The van der Waals surface area contributed by atoms with Crippen LogP contribution in [0.15, 0.2) is 36.5 Å². The van der Waals surface area contributed by atoms with Gasteiger partial charge in [0, 0.05) is 16.5 Å². The molecule has 1 aromatic carbocycles. The highest BCUT2D eigenvalue weighted by Gasteiger charge is 2.12. The van der Waals surface area contributed by atoms with Gasteiger partial charge in [0.05, 0.1) is 5.69 Å².